The van der Waals surface area contributed by atoms with Crippen LogP contribution >= 0.6 is 0 Å². The van der Waals surface area contributed by atoms with Gasteiger partial charge in [-0.05, 0) is 31.0 Å². The summed E-state index contributed by atoms with van der Waals surface area (Å²) in [6, 6.07) is 5.01. The van der Waals surface area contributed by atoms with Gasteiger partial charge in [-0.15, -0.1) is 0 Å². The summed E-state index contributed by atoms with van der Waals surface area (Å²) in [7, 11) is -3.91. The molecule has 1 aromatic carbocycles. The van der Waals surface area contributed by atoms with Crippen LogP contribution in [0.5, 0.6) is 0 Å². The van der Waals surface area contributed by atoms with Gasteiger partial charge in [0.1, 0.15) is 10.9 Å². The van der Waals surface area contributed by atoms with Crippen molar-refractivity contribution in [3.05, 3.63) is 23.8 Å². The van der Waals surface area contributed by atoms with Crippen molar-refractivity contribution >= 4 is 21.6 Å². The molecule has 0 aromatic heterocycles. The predicted molar refractivity (Wildman–Crippen MR) is 76.3 cm³/mol. The zero-order valence-electron chi connectivity index (χ0n) is 11.3. The van der Waals surface area contributed by atoms with E-state index in [-0.39, 0.29) is 22.7 Å². The molecule has 1 saturated heterocycles. The quantitative estimate of drug-likeness (QED) is 0.768. The predicted octanol–water partition coefficient (Wildman–Crippen LogP) is 0.169. The van der Waals surface area contributed by atoms with Crippen LogP contribution in [-0.4, -0.2) is 31.2 Å². The van der Waals surface area contributed by atoms with Gasteiger partial charge in [0.05, 0.1) is 17.3 Å². The highest BCUT2D eigenvalue weighted by Gasteiger charge is 2.37. The summed E-state index contributed by atoms with van der Waals surface area (Å²) in [4.78, 5) is 11.4. The van der Waals surface area contributed by atoms with Gasteiger partial charge in [0, 0.05) is 6.54 Å². The monoisotopic (exact) mass is 308 g/mol. The lowest BCUT2D eigenvalue weighted by Crippen LogP contribution is -2.50. The third kappa shape index (κ3) is 2.84. The van der Waals surface area contributed by atoms with Crippen LogP contribution in [-0.2, 0) is 14.8 Å². The number of primary amides is 1. The van der Waals surface area contributed by atoms with E-state index in [1.165, 1.54) is 18.2 Å². The number of hydrogen-bond acceptors (Lipinski definition) is 5. The van der Waals surface area contributed by atoms with E-state index in [1.807, 2.05) is 6.07 Å². The summed E-state index contributed by atoms with van der Waals surface area (Å²) < 4.78 is 26.5. The molecule has 4 N–H and O–H groups in total. The van der Waals surface area contributed by atoms with E-state index in [0.29, 0.717) is 12.8 Å². The van der Waals surface area contributed by atoms with Gasteiger partial charge in [-0.3, -0.25) is 4.79 Å². The first-order valence-electron chi connectivity index (χ1n) is 6.48. The smallest absolute Gasteiger partial charge is 0.245 e. The van der Waals surface area contributed by atoms with Crippen molar-refractivity contribution in [2.24, 2.45) is 5.73 Å². The second-order valence-electron chi connectivity index (χ2n) is 4.89. The number of nitrogen functional groups attached to an aromatic ring is 1. The summed E-state index contributed by atoms with van der Waals surface area (Å²) in [6.07, 6.45) is 1.83. The summed E-state index contributed by atoms with van der Waals surface area (Å²) in [5.74, 6) is -0.662. The number of nitriles is 1. The number of hydrogen-bond donors (Lipinski definition) is 2. The molecule has 2 rings (SSSR count). The maximum absolute atomic E-state index is 12.7. The van der Waals surface area contributed by atoms with Crippen LogP contribution < -0.4 is 11.5 Å². The number of amides is 1. The molecule has 7 nitrogen and oxygen atoms in total. The summed E-state index contributed by atoms with van der Waals surface area (Å²) in [5.41, 5.74) is 11.3. The fourth-order valence-corrected chi connectivity index (χ4v) is 4.22. The van der Waals surface area contributed by atoms with Crippen LogP contribution in [0.25, 0.3) is 0 Å². The van der Waals surface area contributed by atoms with Crippen molar-refractivity contribution in [3.63, 3.8) is 0 Å². The topological polar surface area (TPSA) is 130 Å². The Bertz CT molecular complexity index is 709. The molecule has 1 unspecified atom stereocenters. The summed E-state index contributed by atoms with van der Waals surface area (Å²) in [6.45, 7) is 0.232. The molecule has 1 fully saturated rings. The molecule has 1 aromatic rings. The van der Waals surface area contributed by atoms with Crippen molar-refractivity contribution in [2.75, 3.05) is 12.3 Å². The van der Waals surface area contributed by atoms with Gasteiger partial charge in [-0.1, -0.05) is 6.42 Å². The van der Waals surface area contributed by atoms with Gasteiger partial charge in [-0.2, -0.15) is 9.57 Å². The van der Waals surface area contributed by atoms with Crippen molar-refractivity contribution in [3.8, 4) is 6.07 Å². The molecule has 21 heavy (non-hydrogen) atoms. The Labute approximate surface area is 123 Å². The lowest BCUT2D eigenvalue weighted by molar-refractivity contribution is -0.122. The number of anilines is 1. The lowest BCUT2D eigenvalue weighted by atomic mass is 10.0. The lowest BCUT2D eigenvalue weighted by Gasteiger charge is -2.32. The molecule has 1 heterocycles. The average Bonchev–Trinajstić information content (AvgIpc) is 2.46. The summed E-state index contributed by atoms with van der Waals surface area (Å²) in [5, 5.41) is 8.79. The van der Waals surface area contributed by atoms with E-state index in [2.05, 4.69) is 0 Å². The Morgan fingerprint density at radius 3 is 2.67 bits per heavy atom. The highest BCUT2D eigenvalue weighted by Crippen LogP contribution is 2.28. The molecule has 0 aliphatic carbocycles. The first-order chi connectivity index (χ1) is 9.87. The fraction of sp³-hybridized carbons (Fsp3) is 0.385. The highest BCUT2D eigenvalue weighted by molar-refractivity contribution is 7.89. The second kappa shape index (κ2) is 5.71. The standard InChI is InChI=1S/C13H16N4O3S/c14-8-9-4-5-12(10(15)7-9)21(19,20)17-6-2-1-3-11(17)13(16)18/h4-5,7,11H,1-3,6,15H2,(H2,16,18). The Hall–Kier alpha value is -2.11. The molecular weight excluding hydrogens is 292 g/mol. The van der Waals surface area contributed by atoms with E-state index in [4.69, 9.17) is 16.7 Å². The number of piperidine rings is 1. The minimum absolute atomic E-state index is 0.0113. The molecular formula is C13H16N4O3S. The number of sulfonamides is 1. The van der Waals surface area contributed by atoms with Gasteiger partial charge in [0.15, 0.2) is 0 Å². The molecule has 0 saturated carbocycles. The normalized spacial score (nSPS) is 19.9. The number of carbonyl (C=O) groups is 1. The van der Waals surface area contributed by atoms with E-state index in [0.717, 1.165) is 10.7 Å². The van der Waals surface area contributed by atoms with Crippen molar-refractivity contribution in [2.45, 2.75) is 30.2 Å². The van der Waals surface area contributed by atoms with E-state index in [9.17, 15) is 13.2 Å². The van der Waals surface area contributed by atoms with E-state index < -0.39 is 22.0 Å². The first-order valence-corrected chi connectivity index (χ1v) is 7.92. The van der Waals surface area contributed by atoms with Crippen LogP contribution in [0.1, 0.15) is 24.8 Å². The van der Waals surface area contributed by atoms with Crippen LogP contribution in [0, 0.1) is 11.3 Å². The molecule has 112 valence electrons. The SMILES string of the molecule is N#Cc1ccc(S(=O)(=O)N2CCCCC2C(N)=O)c(N)c1. The van der Waals surface area contributed by atoms with Crippen molar-refractivity contribution < 1.29 is 13.2 Å². The van der Waals surface area contributed by atoms with Crippen LogP contribution in [0.15, 0.2) is 23.1 Å². The van der Waals surface area contributed by atoms with Gasteiger partial charge < -0.3 is 11.5 Å². The number of carbonyl (C=O) groups excluding carboxylic acids is 1. The Morgan fingerprint density at radius 1 is 1.38 bits per heavy atom. The Morgan fingerprint density at radius 2 is 2.10 bits per heavy atom. The third-order valence-electron chi connectivity index (χ3n) is 3.51. The van der Waals surface area contributed by atoms with Crippen LogP contribution in [0.3, 0.4) is 0 Å². The number of benzene rings is 1. The maximum atomic E-state index is 12.7. The third-order valence-corrected chi connectivity index (χ3v) is 5.49. The van der Waals surface area contributed by atoms with Crippen LogP contribution in [0.2, 0.25) is 0 Å². The molecule has 1 aliphatic rings. The zero-order valence-corrected chi connectivity index (χ0v) is 12.1. The summed E-state index contributed by atoms with van der Waals surface area (Å²) >= 11 is 0. The fourth-order valence-electron chi connectivity index (χ4n) is 2.46. The molecule has 0 bridgehead atoms. The Balaban J connectivity index is 2.46. The molecule has 1 amide bonds. The minimum atomic E-state index is -3.91. The molecule has 0 spiro atoms. The van der Waals surface area contributed by atoms with Crippen molar-refractivity contribution in [1.82, 2.24) is 4.31 Å². The van der Waals surface area contributed by atoms with Crippen molar-refractivity contribution in [1.29, 1.82) is 5.26 Å². The zero-order chi connectivity index (χ0) is 15.6. The maximum Gasteiger partial charge on any atom is 0.245 e. The first kappa shape index (κ1) is 15.3. The van der Waals surface area contributed by atoms with Crippen LogP contribution in [0.4, 0.5) is 5.69 Å². The van der Waals surface area contributed by atoms with E-state index >= 15 is 0 Å². The highest BCUT2D eigenvalue weighted by atomic mass is 32.2. The molecule has 1 atom stereocenters. The van der Waals surface area contributed by atoms with Gasteiger partial charge in [0.25, 0.3) is 0 Å². The molecule has 0 radical (unpaired) electrons. The molecule has 1 aliphatic heterocycles. The van der Waals surface area contributed by atoms with Gasteiger partial charge in [0.2, 0.25) is 15.9 Å². The largest absolute Gasteiger partial charge is 0.398 e. The van der Waals surface area contributed by atoms with Gasteiger partial charge in [-0.25, -0.2) is 8.42 Å². The molecule has 8 heteroatoms. The Kier molecular flexibility index (Phi) is 4.16. The average molecular weight is 308 g/mol. The number of rotatable bonds is 3. The van der Waals surface area contributed by atoms with E-state index in [1.54, 1.807) is 0 Å². The van der Waals surface area contributed by atoms with Gasteiger partial charge >= 0.3 is 0 Å². The number of nitrogens with zero attached hydrogens (tertiary/aromatic N) is 2. The minimum Gasteiger partial charge on any atom is -0.398 e. The second-order valence-corrected chi connectivity index (χ2v) is 6.75. The number of nitrogens with two attached hydrogens (primary N) is 2.